The molecule has 2 rings (SSSR count). The average molecular weight is 392 g/mol. The highest BCUT2D eigenvalue weighted by molar-refractivity contribution is 5.67. The van der Waals surface area contributed by atoms with Gasteiger partial charge in [-0.2, -0.15) is 0 Å². The SMILES string of the molecule is C=C/C=C\C(=C/C=C)Oc1ccc(-c2c(CO)[nH]c(CC)c(CCC)c2=O)cc1. The molecule has 1 aromatic carbocycles. The van der Waals surface area contributed by atoms with Crippen LogP contribution in [-0.2, 0) is 19.4 Å². The molecule has 29 heavy (non-hydrogen) atoms. The zero-order valence-electron chi connectivity index (χ0n) is 17.2. The number of H-pyrrole nitrogens is 1. The van der Waals surface area contributed by atoms with Crippen LogP contribution in [0.15, 0.2) is 78.4 Å². The van der Waals surface area contributed by atoms with Gasteiger partial charge in [0.05, 0.1) is 17.9 Å². The van der Waals surface area contributed by atoms with Gasteiger partial charge in [0.15, 0.2) is 5.43 Å². The summed E-state index contributed by atoms with van der Waals surface area (Å²) < 4.78 is 5.85. The van der Waals surface area contributed by atoms with Crippen LogP contribution >= 0.6 is 0 Å². The number of benzene rings is 1. The molecule has 0 radical (unpaired) electrons. The average Bonchev–Trinajstić information content (AvgIpc) is 2.74. The van der Waals surface area contributed by atoms with Crippen LogP contribution in [0.25, 0.3) is 11.1 Å². The van der Waals surface area contributed by atoms with Gasteiger partial charge in [0.1, 0.15) is 11.5 Å². The molecule has 0 aliphatic carbocycles. The molecule has 1 aromatic heterocycles. The summed E-state index contributed by atoms with van der Waals surface area (Å²) >= 11 is 0. The van der Waals surface area contributed by atoms with E-state index in [9.17, 15) is 9.90 Å². The largest absolute Gasteiger partial charge is 0.457 e. The first-order valence-electron chi connectivity index (χ1n) is 9.87. The number of aromatic nitrogens is 1. The van der Waals surface area contributed by atoms with Crippen LogP contribution in [0.3, 0.4) is 0 Å². The second-order valence-electron chi connectivity index (χ2n) is 6.55. The molecule has 2 aromatic rings. The number of nitrogens with one attached hydrogen (secondary N) is 1. The summed E-state index contributed by atoms with van der Waals surface area (Å²) in [7, 11) is 0. The normalized spacial score (nSPS) is 11.6. The summed E-state index contributed by atoms with van der Waals surface area (Å²) in [5, 5.41) is 9.83. The van der Waals surface area contributed by atoms with Crippen LogP contribution in [0.2, 0.25) is 0 Å². The predicted octanol–water partition coefficient (Wildman–Crippen LogP) is 5.24. The number of aromatic amines is 1. The zero-order chi connectivity index (χ0) is 21.2. The van der Waals surface area contributed by atoms with Gasteiger partial charge >= 0.3 is 0 Å². The van der Waals surface area contributed by atoms with E-state index in [1.807, 2.05) is 31.2 Å². The van der Waals surface area contributed by atoms with Gasteiger partial charge in [0.2, 0.25) is 0 Å². The smallest absolute Gasteiger partial charge is 0.193 e. The fraction of sp³-hybridized carbons (Fsp3) is 0.240. The number of aliphatic hydroxyl groups excluding tert-OH is 1. The molecule has 152 valence electrons. The molecule has 0 amide bonds. The van der Waals surface area contributed by atoms with Crippen molar-refractivity contribution in [2.75, 3.05) is 0 Å². The second-order valence-corrected chi connectivity index (χ2v) is 6.55. The molecule has 2 N–H and O–H groups in total. The van der Waals surface area contributed by atoms with E-state index in [2.05, 4.69) is 25.1 Å². The van der Waals surface area contributed by atoms with Crippen LogP contribution < -0.4 is 10.2 Å². The van der Waals surface area contributed by atoms with Gasteiger partial charge in [-0.05, 0) is 42.7 Å². The summed E-state index contributed by atoms with van der Waals surface area (Å²) in [5.41, 5.74) is 3.50. The molecule has 0 bridgehead atoms. The Morgan fingerprint density at radius 2 is 1.86 bits per heavy atom. The second kappa shape index (κ2) is 11.0. The van der Waals surface area contributed by atoms with Crippen LogP contribution in [-0.4, -0.2) is 10.1 Å². The highest BCUT2D eigenvalue weighted by Gasteiger charge is 2.17. The monoisotopic (exact) mass is 391 g/mol. The lowest BCUT2D eigenvalue weighted by molar-refractivity contribution is 0.277. The van der Waals surface area contributed by atoms with Gasteiger partial charge in [0, 0.05) is 11.3 Å². The van der Waals surface area contributed by atoms with E-state index in [1.165, 1.54) is 0 Å². The molecule has 0 saturated heterocycles. The van der Waals surface area contributed by atoms with Gasteiger partial charge in [-0.1, -0.05) is 63.8 Å². The van der Waals surface area contributed by atoms with Crippen LogP contribution in [0.5, 0.6) is 5.75 Å². The molecule has 0 spiro atoms. The van der Waals surface area contributed by atoms with Gasteiger partial charge in [-0.15, -0.1) is 0 Å². The third kappa shape index (κ3) is 5.46. The molecule has 4 nitrogen and oxygen atoms in total. The van der Waals surface area contributed by atoms with Crippen molar-refractivity contribution < 1.29 is 9.84 Å². The Morgan fingerprint density at radius 1 is 1.14 bits per heavy atom. The summed E-state index contributed by atoms with van der Waals surface area (Å²) in [6, 6.07) is 7.29. The first kappa shape index (κ1) is 22.2. The number of ether oxygens (including phenoxy) is 1. The summed E-state index contributed by atoms with van der Waals surface area (Å²) in [4.78, 5) is 16.5. The molecular weight excluding hydrogens is 362 g/mol. The third-order valence-electron chi connectivity index (χ3n) is 4.54. The van der Waals surface area contributed by atoms with Crippen LogP contribution in [0.4, 0.5) is 0 Å². The van der Waals surface area contributed by atoms with Crippen molar-refractivity contribution in [1.29, 1.82) is 0 Å². The summed E-state index contributed by atoms with van der Waals surface area (Å²) in [6.45, 7) is 11.2. The molecule has 0 fully saturated rings. The van der Waals surface area contributed by atoms with Crippen molar-refractivity contribution in [3.8, 4) is 16.9 Å². The highest BCUT2D eigenvalue weighted by atomic mass is 16.5. The molecular formula is C25H29NO3. The van der Waals surface area contributed by atoms with Crippen molar-refractivity contribution in [1.82, 2.24) is 4.98 Å². The Morgan fingerprint density at radius 3 is 2.41 bits per heavy atom. The number of hydrogen-bond acceptors (Lipinski definition) is 3. The Bertz CT molecular complexity index is 963. The lowest BCUT2D eigenvalue weighted by Crippen LogP contribution is -2.19. The Kier molecular flexibility index (Phi) is 8.44. The fourth-order valence-corrected chi connectivity index (χ4v) is 3.21. The number of pyridine rings is 1. The number of rotatable bonds is 10. The van der Waals surface area contributed by atoms with E-state index < -0.39 is 0 Å². The quantitative estimate of drug-likeness (QED) is 0.430. The summed E-state index contributed by atoms with van der Waals surface area (Å²) in [6.07, 6.45) is 11.0. The molecule has 4 heteroatoms. The van der Waals surface area contributed by atoms with E-state index in [1.54, 1.807) is 30.4 Å². The highest BCUT2D eigenvalue weighted by Crippen LogP contribution is 2.25. The van der Waals surface area contributed by atoms with E-state index in [0.717, 1.165) is 29.7 Å². The lowest BCUT2D eigenvalue weighted by Gasteiger charge is -2.15. The minimum absolute atomic E-state index is 0.0127. The minimum Gasteiger partial charge on any atom is -0.457 e. The predicted molar refractivity (Wildman–Crippen MR) is 120 cm³/mol. The number of hydrogen-bond donors (Lipinski definition) is 2. The fourth-order valence-electron chi connectivity index (χ4n) is 3.21. The van der Waals surface area contributed by atoms with E-state index in [-0.39, 0.29) is 12.0 Å². The van der Waals surface area contributed by atoms with E-state index in [0.29, 0.717) is 29.2 Å². The molecule has 0 aliphatic heterocycles. The Hall–Kier alpha value is -3.11. The number of aryl methyl sites for hydroxylation is 1. The Labute approximate surface area is 172 Å². The van der Waals surface area contributed by atoms with Gasteiger partial charge < -0.3 is 14.8 Å². The maximum absolute atomic E-state index is 13.2. The molecule has 0 unspecified atom stereocenters. The maximum Gasteiger partial charge on any atom is 0.193 e. The number of allylic oxidation sites excluding steroid dienone is 5. The third-order valence-corrected chi connectivity index (χ3v) is 4.54. The molecule has 0 atom stereocenters. The Balaban J connectivity index is 2.45. The van der Waals surface area contributed by atoms with Crippen molar-refractivity contribution in [3.05, 3.63) is 101 Å². The standard InChI is InChI=1S/C25H29NO3/c1-5-9-12-19(10-6-2)29-20-15-13-18(14-16-20)24-23(17-27)26-22(8-4)21(11-7-3)25(24)28/h5-6,9-10,12-16,27H,1-2,7-8,11,17H2,3-4H3,(H,26,28)/b12-9-,19-10+. The van der Waals surface area contributed by atoms with Crippen LogP contribution in [0, 0.1) is 0 Å². The summed E-state index contributed by atoms with van der Waals surface area (Å²) in [5.74, 6) is 1.26. The van der Waals surface area contributed by atoms with Crippen LogP contribution in [0.1, 0.15) is 37.2 Å². The van der Waals surface area contributed by atoms with E-state index in [4.69, 9.17) is 4.74 Å². The van der Waals surface area contributed by atoms with Crippen molar-refractivity contribution in [2.45, 2.75) is 39.7 Å². The van der Waals surface area contributed by atoms with E-state index >= 15 is 0 Å². The topological polar surface area (TPSA) is 62.3 Å². The molecule has 1 heterocycles. The minimum atomic E-state index is -0.221. The maximum atomic E-state index is 13.2. The van der Waals surface area contributed by atoms with Gasteiger partial charge in [-0.25, -0.2) is 0 Å². The van der Waals surface area contributed by atoms with Gasteiger partial charge in [0.25, 0.3) is 0 Å². The first-order chi connectivity index (χ1) is 14.1. The lowest BCUT2D eigenvalue weighted by atomic mass is 9.96. The number of aliphatic hydroxyl groups is 1. The van der Waals surface area contributed by atoms with Crippen molar-refractivity contribution in [3.63, 3.8) is 0 Å². The zero-order valence-corrected chi connectivity index (χ0v) is 17.2. The van der Waals surface area contributed by atoms with Gasteiger partial charge in [-0.3, -0.25) is 4.79 Å². The van der Waals surface area contributed by atoms with Crippen molar-refractivity contribution >= 4 is 0 Å². The van der Waals surface area contributed by atoms with Crippen molar-refractivity contribution in [2.24, 2.45) is 0 Å². The molecule has 0 aliphatic rings. The first-order valence-corrected chi connectivity index (χ1v) is 9.87. The molecule has 0 saturated carbocycles.